The molecule has 0 spiro atoms. The van der Waals surface area contributed by atoms with Crippen LogP contribution in [0.25, 0.3) is 0 Å². The summed E-state index contributed by atoms with van der Waals surface area (Å²) >= 11 is 0. The molecule has 2 aliphatic rings. The van der Waals surface area contributed by atoms with Crippen molar-refractivity contribution in [2.24, 2.45) is 0 Å². The number of methoxy groups -OCH3 is 1. The highest BCUT2D eigenvalue weighted by Gasteiger charge is 2.34. The van der Waals surface area contributed by atoms with Crippen LogP contribution in [0.1, 0.15) is 12.8 Å². The van der Waals surface area contributed by atoms with E-state index in [0.717, 1.165) is 10.6 Å². The van der Waals surface area contributed by atoms with E-state index in [1.54, 1.807) is 12.1 Å². The first-order valence-electron chi connectivity index (χ1n) is 9.86. The van der Waals surface area contributed by atoms with Crippen molar-refractivity contribution in [3.8, 4) is 5.75 Å². The molecule has 0 aliphatic carbocycles. The summed E-state index contributed by atoms with van der Waals surface area (Å²) in [7, 11) is -2.56. The average molecular weight is 447 g/mol. The third kappa shape index (κ3) is 4.00. The van der Waals surface area contributed by atoms with Crippen LogP contribution in [0.3, 0.4) is 0 Å². The van der Waals surface area contributed by atoms with Gasteiger partial charge in [-0.25, -0.2) is 12.8 Å². The van der Waals surface area contributed by atoms with Crippen LogP contribution in [0.4, 0.5) is 15.8 Å². The first-order chi connectivity index (χ1) is 14.8. The molecule has 0 unspecified atom stereocenters. The van der Waals surface area contributed by atoms with E-state index in [9.17, 15) is 22.4 Å². The molecule has 0 aromatic heterocycles. The van der Waals surface area contributed by atoms with Gasteiger partial charge < -0.3 is 9.64 Å². The van der Waals surface area contributed by atoms with Crippen molar-refractivity contribution in [3.63, 3.8) is 0 Å². The average Bonchev–Trinajstić information content (AvgIpc) is 3.12. The zero-order valence-electron chi connectivity index (χ0n) is 17.0. The van der Waals surface area contributed by atoms with Gasteiger partial charge in [0.2, 0.25) is 21.8 Å². The highest BCUT2D eigenvalue weighted by Crippen LogP contribution is 2.33. The summed E-state index contributed by atoms with van der Waals surface area (Å²) in [6, 6.07) is 10.3. The summed E-state index contributed by atoms with van der Waals surface area (Å²) < 4.78 is 46.5. The molecule has 2 saturated heterocycles. The highest BCUT2D eigenvalue weighted by atomic mass is 32.2. The number of hydrogen-bond donors (Lipinski definition) is 0. The van der Waals surface area contributed by atoms with Gasteiger partial charge in [0.25, 0.3) is 0 Å². The van der Waals surface area contributed by atoms with Gasteiger partial charge in [0.15, 0.2) is 0 Å². The van der Waals surface area contributed by atoms with E-state index in [1.165, 1.54) is 41.7 Å². The monoisotopic (exact) mass is 447 g/mol. The topological polar surface area (TPSA) is 87.2 Å². The fourth-order valence-corrected chi connectivity index (χ4v) is 5.45. The number of amides is 2. The second-order valence-electron chi connectivity index (χ2n) is 7.33. The largest absolute Gasteiger partial charge is 0.495 e. The lowest BCUT2D eigenvalue weighted by Crippen LogP contribution is -2.48. The number of carbonyl (C=O) groups excluding carboxylic acids is 2. The Labute approximate surface area is 179 Å². The van der Waals surface area contributed by atoms with Crippen molar-refractivity contribution in [2.75, 3.05) is 43.1 Å². The summed E-state index contributed by atoms with van der Waals surface area (Å²) in [5, 5.41) is 0. The molecule has 31 heavy (non-hydrogen) atoms. The first kappa shape index (κ1) is 21.3. The van der Waals surface area contributed by atoms with Crippen LogP contribution in [0.2, 0.25) is 0 Å². The molecular formula is C21H22FN3O5S. The van der Waals surface area contributed by atoms with Crippen molar-refractivity contribution in [2.45, 2.75) is 17.7 Å². The van der Waals surface area contributed by atoms with Crippen molar-refractivity contribution in [1.82, 2.24) is 4.31 Å². The number of hydrogen-bond acceptors (Lipinski definition) is 6. The minimum atomic E-state index is -3.93. The summed E-state index contributed by atoms with van der Waals surface area (Å²) in [6.07, 6.45) is 0.219. The Balaban J connectivity index is 1.58. The lowest BCUT2D eigenvalue weighted by Gasteiger charge is -2.35. The number of imide groups is 1. The SMILES string of the molecule is COc1ccc(N2C(=O)CCC2=O)cc1S(=O)(=O)N1CCN(c2ccc(F)cc2)CC1. The van der Waals surface area contributed by atoms with Gasteiger partial charge in [0, 0.05) is 44.7 Å². The number of benzene rings is 2. The Hall–Kier alpha value is -2.98. The van der Waals surface area contributed by atoms with E-state index in [0.29, 0.717) is 13.1 Å². The van der Waals surface area contributed by atoms with E-state index in [1.807, 2.05) is 4.90 Å². The molecule has 0 atom stereocenters. The second kappa shape index (κ2) is 8.27. The molecule has 10 heteroatoms. The third-order valence-electron chi connectivity index (χ3n) is 5.51. The molecule has 2 heterocycles. The van der Waals surface area contributed by atoms with Crippen LogP contribution in [-0.2, 0) is 19.6 Å². The molecule has 2 amide bonds. The number of halogens is 1. The molecule has 0 radical (unpaired) electrons. The maximum absolute atomic E-state index is 13.4. The van der Waals surface area contributed by atoms with Gasteiger partial charge in [-0.15, -0.1) is 0 Å². The molecule has 2 aromatic carbocycles. The van der Waals surface area contributed by atoms with E-state index in [2.05, 4.69) is 0 Å². The maximum atomic E-state index is 13.4. The molecular weight excluding hydrogens is 425 g/mol. The van der Waals surface area contributed by atoms with Crippen molar-refractivity contribution >= 4 is 33.2 Å². The van der Waals surface area contributed by atoms with Gasteiger partial charge >= 0.3 is 0 Å². The highest BCUT2D eigenvalue weighted by molar-refractivity contribution is 7.89. The predicted molar refractivity (Wildman–Crippen MR) is 112 cm³/mol. The van der Waals surface area contributed by atoms with Gasteiger partial charge in [-0.2, -0.15) is 4.31 Å². The van der Waals surface area contributed by atoms with Crippen LogP contribution >= 0.6 is 0 Å². The first-order valence-corrected chi connectivity index (χ1v) is 11.3. The van der Waals surface area contributed by atoms with E-state index < -0.39 is 10.0 Å². The lowest BCUT2D eigenvalue weighted by atomic mass is 10.2. The Morgan fingerprint density at radius 2 is 1.45 bits per heavy atom. The molecule has 0 saturated carbocycles. The molecule has 2 aromatic rings. The Morgan fingerprint density at radius 3 is 2.03 bits per heavy atom. The molecule has 8 nitrogen and oxygen atoms in total. The van der Waals surface area contributed by atoms with Crippen molar-refractivity contribution in [1.29, 1.82) is 0 Å². The third-order valence-corrected chi connectivity index (χ3v) is 7.43. The fourth-order valence-electron chi connectivity index (χ4n) is 3.85. The van der Waals surface area contributed by atoms with E-state index in [4.69, 9.17) is 4.74 Å². The van der Waals surface area contributed by atoms with Gasteiger partial charge in [0.05, 0.1) is 12.8 Å². The maximum Gasteiger partial charge on any atom is 0.246 e. The number of anilines is 2. The Bertz CT molecular complexity index is 1100. The molecule has 2 aliphatic heterocycles. The van der Waals surface area contributed by atoms with Gasteiger partial charge in [0.1, 0.15) is 16.5 Å². The van der Waals surface area contributed by atoms with Crippen molar-refractivity contribution < 1.29 is 27.1 Å². The zero-order chi connectivity index (χ0) is 22.2. The minimum absolute atomic E-state index is 0.0877. The Kier molecular flexibility index (Phi) is 5.67. The molecule has 0 N–H and O–H groups in total. The second-order valence-corrected chi connectivity index (χ2v) is 9.23. The lowest BCUT2D eigenvalue weighted by molar-refractivity contribution is -0.121. The molecule has 0 bridgehead atoms. The standard InChI is InChI=1S/C21H22FN3O5S/c1-30-18-7-6-17(25-20(26)8-9-21(25)27)14-19(18)31(28,29)24-12-10-23(11-13-24)16-4-2-15(22)3-5-16/h2-7,14H,8-13H2,1H3. The number of sulfonamides is 1. The van der Waals surface area contributed by atoms with Crippen LogP contribution in [-0.4, -0.2) is 57.8 Å². The number of piperazine rings is 1. The van der Waals surface area contributed by atoms with Crippen LogP contribution in [0.15, 0.2) is 47.4 Å². The molecule has 4 rings (SSSR count). The summed E-state index contributed by atoms with van der Waals surface area (Å²) in [6.45, 7) is 1.34. The summed E-state index contributed by atoms with van der Waals surface area (Å²) in [5.74, 6) is -0.895. The van der Waals surface area contributed by atoms with Gasteiger partial charge in [-0.1, -0.05) is 0 Å². The quantitative estimate of drug-likeness (QED) is 0.652. The van der Waals surface area contributed by atoms with Crippen molar-refractivity contribution in [3.05, 3.63) is 48.3 Å². The normalized spacial score (nSPS) is 18.0. The van der Waals surface area contributed by atoms with Gasteiger partial charge in [-0.3, -0.25) is 14.5 Å². The summed E-state index contributed by atoms with van der Waals surface area (Å²) in [5.41, 5.74) is 1.04. The van der Waals surface area contributed by atoms with E-state index in [-0.39, 0.29) is 59.9 Å². The number of nitrogens with zero attached hydrogens (tertiary/aromatic N) is 3. The molecule has 164 valence electrons. The van der Waals surface area contributed by atoms with Crippen LogP contribution in [0, 0.1) is 5.82 Å². The van der Waals surface area contributed by atoms with Gasteiger partial charge in [-0.05, 0) is 42.5 Å². The van der Waals surface area contributed by atoms with E-state index >= 15 is 0 Å². The summed E-state index contributed by atoms with van der Waals surface area (Å²) in [4.78, 5) is 27.1. The van der Waals surface area contributed by atoms with Crippen LogP contribution in [0.5, 0.6) is 5.75 Å². The van der Waals surface area contributed by atoms with Crippen LogP contribution < -0.4 is 14.5 Å². The number of ether oxygens (including phenoxy) is 1. The predicted octanol–water partition coefficient (Wildman–Crippen LogP) is 2.00. The molecule has 2 fully saturated rings. The number of rotatable bonds is 5. The number of carbonyl (C=O) groups is 2. The Morgan fingerprint density at radius 1 is 0.871 bits per heavy atom. The smallest absolute Gasteiger partial charge is 0.246 e. The zero-order valence-corrected chi connectivity index (χ0v) is 17.8. The fraction of sp³-hybridized carbons (Fsp3) is 0.333. The minimum Gasteiger partial charge on any atom is -0.495 e.